The topological polar surface area (TPSA) is 102 Å². The van der Waals surface area contributed by atoms with Gasteiger partial charge in [-0.15, -0.1) is 0 Å². The second kappa shape index (κ2) is 8.64. The average molecular weight is 386 g/mol. The molecule has 1 aliphatic rings. The molecule has 3 rings (SSSR count). The number of hydrogen-bond acceptors (Lipinski definition) is 8. The van der Waals surface area contributed by atoms with Crippen LogP contribution in [-0.2, 0) is 19.1 Å². The van der Waals surface area contributed by atoms with Crippen LogP contribution >= 0.6 is 0 Å². The van der Waals surface area contributed by atoms with E-state index < -0.39 is 11.9 Å². The molecule has 0 N–H and O–H groups in total. The van der Waals surface area contributed by atoms with Crippen molar-refractivity contribution in [2.45, 2.75) is 13.8 Å². The van der Waals surface area contributed by atoms with Crippen LogP contribution in [0.4, 0.5) is 5.82 Å². The van der Waals surface area contributed by atoms with Gasteiger partial charge in [0.25, 0.3) is 5.91 Å². The molecule has 148 valence electrons. The molecule has 0 bridgehead atoms. The Kier molecular flexibility index (Phi) is 6.03. The summed E-state index contributed by atoms with van der Waals surface area (Å²) in [6.45, 7) is 4.79. The minimum atomic E-state index is -0.524. The summed E-state index contributed by atoms with van der Waals surface area (Å²) in [5, 5.41) is 0. The lowest BCUT2D eigenvalue weighted by atomic mass is 10.2. The van der Waals surface area contributed by atoms with Crippen molar-refractivity contribution in [3.05, 3.63) is 30.0 Å². The number of carbonyl (C=O) groups excluding carboxylic acids is 3. The smallest absolute Gasteiger partial charge is 0.360 e. The standard InChI is InChI=1S/C19H22N4O5/c1-3-27-19(26)17-18(21-15-7-5-4-6-14(15)20-17)23-10-8-22(9-11-23)16(25)12-28-13(2)24/h4-7H,3,8-12H2,1-2H3. The van der Waals surface area contributed by atoms with Gasteiger partial charge in [-0.1, -0.05) is 12.1 Å². The predicted octanol–water partition coefficient (Wildman–Crippen LogP) is 1.02. The zero-order valence-corrected chi connectivity index (χ0v) is 15.9. The molecule has 9 nitrogen and oxygen atoms in total. The summed E-state index contributed by atoms with van der Waals surface area (Å²) in [6.07, 6.45) is 0. The van der Waals surface area contributed by atoms with Gasteiger partial charge in [0.1, 0.15) is 0 Å². The molecule has 2 heterocycles. The molecule has 0 aliphatic carbocycles. The van der Waals surface area contributed by atoms with E-state index in [0.717, 1.165) is 0 Å². The Morgan fingerprint density at radius 2 is 1.64 bits per heavy atom. The second-order valence-electron chi connectivity index (χ2n) is 6.25. The van der Waals surface area contributed by atoms with Crippen LogP contribution in [0, 0.1) is 0 Å². The molecular weight excluding hydrogens is 364 g/mol. The highest BCUT2D eigenvalue weighted by Crippen LogP contribution is 2.23. The predicted molar refractivity (Wildman–Crippen MR) is 101 cm³/mol. The Hall–Kier alpha value is -3.23. The van der Waals surface area contributed by atoms with Crippen molar-refractivity contribution >= 4 is 34.7 Å². The number of hydrogen-bond donors (Lipinski definition) is 0. The van der Waals surface area contributed by atoms with Gasteiger partial charge in [0.2, 0.25) is 0 Å². The Morgan fingerprint density at radius 3 is 2.25 bits per heavy atom. The molecule has 0 atom stereocenters. The van der Waals surface area contributed by atoms with Gasteiger partial charge in [-0.2, -0.15) is 0 Å². The van der Waals surface area contributed by atoms with E-state index in [1.54, 1.807) is 17.9 Å². The van der Waals surface area contributed by atoms with E-state index in [1.807, 2.05) is 23.1 Å². The largest absolute Gasteiger partial charge is 0.461 e. The van der Waals surface area contributed by atoms with Crippen molar-refractivity contribution < 1.29 is 23.9 Å². The number of esters is 2. The molecule has 0 unspecified atom stereocenters. The summed E-state index contributed by atoms with van der Waals surface area (Å²) in [5.41, 5.74) is 1.46. The third-order valence-corrected chi connectivity index (χ3v) is 4.35. The zero-order chi connectivity index (χ0) is 20.1. The molecular formula is C19H22N4O5. The van der Waals surface area contributed by atoms with Crippen molar-refractivity contribution in [2.75, 3.05) is 44.3 Å². The minimum absolute atomic E-state index is 0.167. The number of benzene rings is 1. The third kappa shape index (κ3) is 4.36. The number of rotatable bonds is 5. The quantitative estimate of drug-likeness (QED) is 0.702. The first-order chi connectivity index (χ1) is 13.5. The zero-order valence-electron chi connectivity index (χ0n) is 15.9. The van der Waals surface area contributed by atoms with Gasteiger partial charge in [0, 0.05) is 33.1 Å². The maximum Gasteiger partial charge on any atom is 0.360 e. The number of piperazine rings is 1. The lowest BCUT2D eigenvalue weighted by Crippen LogP contribution is -2.50. The van der Waals surface area contributed by atoms with Gasteiger partial charge in [-0.3, -0.25) is 9.59 Å². The van der Waals surface area contributed by atoms with Crippen LogP contribution in [0.5, 0.6) is 0 Å². The van der Waals surface area contributed by atoms with E-state index in [1.165, 1.54) is 6.92 Å². The Labute approximate surface area is 162 Å². The number of aromatic nitrogens is 2. The van der Waals surface area contributed by atoms with Crippen LogP contribution in [0.25, 0.3) is 11.0 Å². The Morgan fingerprint density at radius 1 is 1.00 bits per heavy atom. The van der Waals surface area contributed by atoms with Crippen molar-refractivity contribution in [2.24, 2.45) is 0 Å². The molecule has 28 heavy (non-hydrogen) atoms. The van der Waals surface area contributed by atoms with E-state index >= 15 is 0 Å². The fourth-order valence-corrected chi connectivity index (χ4v) is 2.97. The molecule has 1 amide bonds. The second-order valence-corrected chi connectivity index (χ2v) is 6.25. The molecule has 1 saturated heterocycles. The summed E-state index contributed by atoms with van der Waals surface area (Å²) in [7, 11) is 0. The van der Waals surface area contributed by atoms with E-state index in [9.17, 15) is 14.4 Å². The minimum Gasteiger partial charge on any atom is -0.461 e. The number of ether oxygens (including phenoxy) is 2. The van der Waals surface area contributed by atoms with Crippen LogP contribution in [0.1, 0.15) is 24.3 Å². The first kappa shape index (κ1) is 19.5. The van der Waals surface area contributed by atoms with Gasteiger partial charge < -0.3 is 19.3 Å². The van der Waals surface area contributed by atoms with E-state index in [4.69, 9.17) is 9.47 Å². The van der Waals surface area contributed by atoms with Gasteiger partial charge in [-0.05, 0) is 19.1 Å². The van der Waals surface area contributed by atoms with Crippen molar-refractivity contribution in [1.29, 1.82) is 0 Å². The molecule has 0 saturated carbocycles. The van der Waals surface area contributed by atoms with Crippen LogP contribution < -0.4 is 4.90 Å². The highest BCUT2D eigenvalue weighted by atomic mass is 16.5. The summed E-state index contributed by atoms with van der Waals surface area (Å²) >= 11 is 0. The summed E-state index contributed by atoms with van der Waals surface area (Å²) in [6, 6.07) is 7.32. The van der Waals surface area contributed by atoms with Crippen molar-refractivity contribution in [3.8, 4) is 0 Å². The first-order valence-corrected chi connectivity index (χ1v) is 9.09. The van der Waals surface area contributed by atoms with Crippen molar-refractivity contribution in [1.82, 2.24) is 14.9 Å². The molecule has 1 fully saturated rings. The Balaban J connectivity index is 1.79. The van der Waals surface area contributed by atoms with Gasteiger partial charge >= 0.3 is 11.9 Å². The highest BCUT2D eigenvalue weighted by molar-refractivity contribution is 5.95. The molecule has 1 aromatic carbocycles. The monoisotopic (exact) mass is 386 g/mol. The number of amides is 1. The molecule has 1 aromatic heterocycles. The Bertz CT molecular complexity index is 893. The third-order valence-electron chi connectivity index (χ3n) is 4.35. The van der Waals surface area contributed by atoms with E-state index in [2.05, 4.69) is 9.97 Å². The van der Waals surface area contributed by atoms with Crippen LogP contribution in [0.2, 0.25) is 0 Å². The summed E-state index contributed by atoms with van der Waals surface area (Å²) in [4.78, 5) is 48.0. The molecule has 0 radical (unpaired) electrons. The van der Waals surface area contributed by atoms with Crippen LogP contribution in [-0.4, -0.2) is 72.1 Å². The van der Waals surface area contributed by atoms with Crippen LogP contribution in [0.3, 0.4) is 0 Å². The SMILES string of the molecule is CCOC(=O)c1nc2ccccc2nc1N1CCN(C(=O)COC(C)=O)CC1. The van der Waals surface area contributed by atoms with Gasteiger partial charge in [-0.25, -0.2) is 14.8 Å². The number of carbonyl (C=O) groups is 3. The number of para-hydroxylation sites is 2. The molecule has 1 aliphatic heterocycles. The number of nitrogens with zero attached hydrogens (tertiary/aromatic N) is 4. The van der Waals surface area contributed by atoms with E-state index in [0.29, 0.717) is 43.0 Å². The lowest BCUT2D eigenvalue weighted by molar-refractivity contribution is -0.150. The maximum absolute atomic E-state index is 12.4. The molecule has 2 aromatic rings. The maximum atomic E-state index is 12.4. The molecule has 9 heteroatoms. The number of anilines is 1. The molecule has 0 spiro atoms. The normalized spacial score (nSPS) is 14.1. The first-order valence-electron chi connectivity index (χ1n) is 9.09. The lowest BCUT2D eigenvalue weighted by Gasteiger charge is -2.35. The summed E-state index contributed by atoms with van der Waals surface area (Å²) in [5.74, 6) is -0.809. The highest BCUT2D eigenvalue weighted by Gasteiger charge is 2.27. The van der Waals surface area contributed by atoms with E-state index in [-0.39, 0.29) is 24.8 Å². The van der Waals surface area contributed by atoms with Gasteiger partial charge in [0.05, 0.1) is 17.6 Å². The van der Waals surface area contributed by atoms with Crippen molar-refractivity contribution in [3.63, 3.8) is 0 Å². The average Bonchev–Trinajstić information content (AvgIpc) is 2.71. The number of fused-ring (bicyclic) bond motifs is 1. The van der Waals surface area contributed by atoms with Crippen LogP contribution in [0.15, 0.2) is 24.3 Å². The fraction of sp³-hybridized carbons (Fsp3) is 0.421. The fourth-order valence-electron chi connectivity index (χ4n) is 2.97. The van der Waals surface area contributed by atoms with Gasteiger partial charge in [0.15, 0.2) is 18.1 Å². The summed E-state index contributed by atoms with van der Waals surface area (Å²) < 4.78 is 9.91.